The Kier molecular flexibility index (Phi) is 5.18. The number of aromatic nitrogens is 4. The molecule has 1 N–H and O–H groups in total. The summed E-state index contributed by atoms with van der Waals surface area (Å²) in [6.07, 6.45) is 4.69. The molecule has 2 aromatic rings. The molecule has 0 aliphatic carbocycles. The van der Waals surface area contributed by atoms with E-state index in [4.69, 9.17) is 0 Å². The molecule has 0 radical (unpaired) electrons. The van der Waals surface area contributed by atoms with E-state index in [1.807, 2.05) is 4.90 Å². The standard InChI is InChI=1S/C17H24N6O3.ClH/c1-20-14-13(15(25)21(2)16(20)26)23(11-19-14)9-12(24)22-7-4-17(5-8-22)3-6-18-10-17;/h11,18H,3-10H2,1-2H3;1H. The zero-order chi connectivity index (χ0) is 18.5. The molecule has 0 atom stereocenters. The largest absolute Gasteiger partial charge is 0.341 e. The third-order valence-electron chi connectivity index (χ3n) is 6.03. The van der Waals surface area contributed by atoms with Gasteiger partial charge in [-0.3, -0.25) is 18.7 Å². The monoisotopic (exact) mass is 396 g/mol. The summed E-state index contributed by atoms with van der Waals surface area (Å²) in [5.74, 6) is -0.0130. The van der Waals surface area contributed by atoms with Gasteiger partial charge in [0.05, 0.1) is 6.33 Å². The van der Waals surface area contributed by atoms with Gasteiger partial charge < -0.3 is 14.8 Å². The van der Waals surface area contributed by atoms with Crippen molar-refractivity contribution in [3.8, 4) is 0 Å². The minimum absolute atomic E-state index is 0. The van der Waals surface area contributed by atoms with Gasteiger partial charge in [-0.1, -0.05) is 0 Å². The zero-order valence-corrected chi connectivity index (χ0v) is 16.4. The second-order valence-electron chi connectivity index (χ2n) is 7.56. The van der Waals surface area contributed by atoms with E-state index >= 15 is 0 Å². The van der Waals surface area contributed by atoms with Crippen LogP contribution >= 0.6 is 12.4 Å². The number of hydrogen-bond acceptors (Lipinski definition) is 5. The summed E-state index contributed by atoms with van der Waals surface area (Å²) in [6, 6.07) is 0. The van der Waals surface area contributed by atoms with Gasteiger partial charge in [0.2, 0.25) is 5.91 Å². The number of amides is 1. The van der Waals surface area contributed by atoms with Crippen molar-refractivity contribution >= 4 is 29.5 Å². The Morgan fingerprint density at radius 3 is 2.52 bits per heavy atom. The lowest BCUT2D eigenvalue weighted by Crippen LogP contribution is -2.45. The van der Waals surface area contributed by atoms with E-state index in [-0.39, 0.29) is 30.4 Å². The zero-order valence-electron chi connectivity index (χ0n) is 15.6. The smallest absolute Gasteiger partial charge is 0.332 e. The van der Waals surface area contributed by atoms with Crippen LogP contribution in [0.5, 0.6) is 0 Å². The molecule has 2 saturated heterocycles. The highest BCUT2D eigenvalue weighted by atomic mass is 35.5. The van der Waals surface area contributed by atoms with E-state index in [0.717, 1.165) is 43.6 Å². The van der Waals surface area contributed by atoms with Crippen LogP contribution in [0.3, 0.4) is 0 Å². The van der Waals surface area contributed by atoms with Crippen LogP contribution in [-0.4, -0.2) is 55.7 Å². The van der Waals surface area contributed by atoms with Gasteiger partial charge in [-0.15, -0.1) is 12.4 Å². The Hall–Kier alpha value is -2.13. The number of imidazole rings is 1. The Labute approximate surface area is 162 Å². The molecule has 0 aromatic carbocycles. The number of carbonyl (C=O) groups excluding carboxylic acids is 1. The van der Waals surface area contributed by atoms with Crippen LogP contribution in [0.1, 0.15) is 19.3 Å². The van der Waals surface area contributed by atoms with Crippen LogP contribution in [0.4, 0.5) is 0 Å². The quantitative estimate of drug-likeness (QED) is 0.735. The number of likely N-dealkylation sites (tertiary alicyclic amines) is 1. The number of piperidine rings is 1. The van der Waals surface area contributed by atoms with E-state index in [2.05, 4.69) is 10.3 Å². The van der Waals surface area contributed by atoms with Gasteiger partial charge in [-0.05, 0) is 31.2 Å². The van der Waals surface area contributed by atoms with Gasteiger partial charge in [0.1, 0.15) is 6.54 Å². The fraction of sp³-hybridized carbons (Fsp3) is 0.647. The number of halogens is 1. The van der Waals surface area contributed by atoms with Gasteiger partial charge in [0.15, 0.2) is 11.2 Å². The number of carbonyl (C=O) groups is 1. The second-order valence-corrected chi connectivity index (χ2v) is 7.56. The Morgan fingerprint density at radius 1 is 1.19 bits per heavy atom. The third-order valence-corrected chi connectivity index (χ3v) is 6.03. The molecule has 1 spiro atoms. The SMILES string of the molecule is Cl.Cn1c(=O)c2c(ncn2CC(=O)N2CCC3(CCNC3)CC2)n(C)c1=O. The summed E-state index contributed by atoms with van der Waals surface area (Å²) in [4.78, 5) is 43.3. The number of nitrogens with zero attached hydrogens (tertiary/aromatic N) is 5. The molecular formula is C17H25ClN6O3. The molecule has 1 amide bonds. The molecule has 10 heteroatoms. The molecule has 2 aliphatic rings. The van der Waals surface area contributed by atoms with E-state index in [0.29, 0.717) is 11.1 Å². The summed E-state index contributed by atoms with van der Waals surface area (Å²) >= 11 is 0. The van der Waals surface area contributed by atoms with Gasteiger partial charge >= 0.3 is 5.69 Å². The van der Waals surface area contributed by atoms with Gasteiger partial charge in [-0.2, -0.15) is 0 Å². The Morgan fingerprint density at radius 2 is 1.89 bits per heavy atom. The molecule has 9 nitrogen and oxygen atoms in total. The highest BCUT2D eigenvalue weighted by molar-refractivity contribution is 5.85. The molecule has 2 aromatic heterocycles. The molecule has 148 valence electrons. The summed E-state index contributed by atoms with van der Waals surface area (Å²) in [5.41, 5.74) is 0.0951. The maximum absolute atomic E-state index is 12.7. The first-order valence-electron chi connectivity index (χ1n) is 9.01. The van der Waals surface area contributed by atoms with E-state index in [1.54, 1.807) is 11.6 Å². The van der Waals surface area contributed by atoms with E-state index in [9.17, 15) is 14.4 Å². The van der Waals surface area contributed by atoms with Crippen LogP contribution in [0, 0.1) is 5.41 Å². The first kappa shape index (κ1) is 19.6. The van der Waals surface area contributed by atoms with Gasteiger partial charge in [-0.25, -0.2) is 9.78 Å². The van der Waals surface area contributed by atoms with Crippen molar-refractivity contribution < 1.29 is 4.79 Å². The maximum atomic E-state index is 12.7. The topological polar surface area (TPSA) is 94.2 Å². The molecule has 4 heterocycles. The first-order chi connectivity index (χ1) is 12.4. The Bertz CT molecular complexity index is 975. The van der Waals surface area contributed by atoms with E-state index in [1.165, 1.54) is 24.4 Å². The first-order valence-corrected chi connectivity index (χ1v) is 9.01. The lowest BCUT2D eigenvalue weighted by molar-refractivity contribution is -0.133. The minimum Gasteiger partial charge on any atom is -0.341 e. The normalized spacial score (nSPS) is 18.8. The molecule has 0 saturated carbocycles. The summed E-state index contributed by atoms with van der Waals surface area (Å²) < 4.78 is 3.93. The van der Waals surface area contributed by atoms with E-state index < -0.39 is 11.2 Å². The number of aryl methyl sites for hydroxylation is 1. The number of hydrogen-bond donors (Lipinski definition) is 1. The van der Waals surface area contributed by atoms with Crippen molar-refractivity contribution in [3.63, 3.8) is 0 Å². The number of nitrogens with one attached hydrogen (secondary N) is 1. The van der Waals surface area contributed by atoms with Crippen LogP contribution in [-0.2, 0) is 25.4 Å². The Balaban J connectivity index is 0.00000210. The summed E-state index contributed by atoms with van der Waals surface area (Å²) in [6.45, 7) is 3.69. The molecule has 2 aliphatic heterocycles. The van der Waals surface area contributed by atoms with Crippen LogP contribution in [0.15, 0.2) is 15.9 Å². The van der Waals surface area contributed by atoms with Crippen molar-refractivity contribution in [2.45, 2.75) is 25.8 Å². The third kappa shape index (κ3) is 3.19. The average molecular weight is 397 g/mol. The highest BCUT2D eigenvalue weighted by Gasteiger charge is 2.38. The average Bonchev–Trinajstić information content (AvgIpc) is 3.26. The van der Waals surface area contributed by atoms with Crippen molar-refractivity contribution in [1.82, 2.24) is 28.9 Å². The summed E-state index contributed by atoms with van der Waals surface area (Å²) in [7, 11) is 3.01. The van der Waals surface area contributed by atoms with Crippen LogP contribution in [0.2, 0.25) is 0 Å². The molecule has 0 unspecified atom stereocenters. The molecule has 4 rings (SSSR count). The van der Waals surface area contributed by atoms with Gasteiger partial charge in [0.25, 0.3) is 5.56 Å². The summed E-state index contributed by atoms with van der Waals surface area (Å²) in [5, 5.41) is 3.42. The fourth-order valence-corrected chi connectivity index (χ4v) is 4.22. The molecule has 27 heavy (non-hydrogen) atoms. The minimum atomic E-state index is -0.428. The predicted octanol–water partition coefficient (Wildman–Crippen LogP) is -0.542. The van der Waals surface area contributed by atoms with Crippen molar-refractivity contribution in [2.24, 2.45) is 19.5 Å². The van der Waals surface area contributed by atoms with Crippen molar-refractivity contribution in [1.29, 1.82) is 0 Å². The highest BCUT2D eigenvalue weighted by Crippen LogP contribution is 2.36. The second kappa shape index (κ2) is 7.12. The van der Waals surface area contributed by atoms with Crippen molar-refractivity contribution in [2.75, 3.05) is 26.2 Å². The fourth-order valence-electron chi connectivity index (χ4n) is 4.22. The lowest BCUT2D eigenvalue weighted by atomic mass is 9.78. The predicted molar refractivity (Wildman–Crippen MR) is 103 cm³/mol. The molecule has 2 fully saturated rings. The van der Waals surface area contributed by atoms with Crippen molar-refractivity contribution in [3.05, 3.63) is 27.2 Å². The van der Waals surface area contributed by atoms with Crippen LogP contribution < -0.4 is 16.6 Å². The number of fused-ring (bicyclic) bond motifs is 1. The number of rotatable bonds is 2. The molecule has 0 bridgehead atoms. The van der Waals surface area contributed by atoms with Crippen LogP contribution in [0.25, 0.3) is 11.2 Å². The lowest BCUT2D eigenvalue weighted by Gasteiger charge is -2.38. The maximum Gasteiger partial charge on any atom is 0.332 e. The molecular weight excluding hydrogens is 372 g/mol. The van der Waals surface area contributed by atoms with Gasteiger partial charge in [0, 0.05) is 33.7 Å².